The molecule has 0 saturated heterocycles. The van der Waals surface area contributed by atoms with Crippen LogP contribution in [0.4, 0.5) is 0 Å². The van der Waals surface area contributed by atoms with E-state index in [0.717, 1.165) is 6.42 Å². The highest BCUT2D eigenvalue weighted by Crippen LogP contribution is 2.17. The summed E-state index contributed by atoms with van der Waals surface area (Å²) >= 11 is 0. The number of nitrogens with one attached hydrogen (secondary N) is 1. The average molecular weight is 249 g/mol. The van der Waals surface area contributed by atoms with Crippen LogP contribution in [0.25, 0.3) is 0 Å². The zero-order valence-corrected chi connectivity index (χ0v) is 10.8. The molecule has 1 atom stereocenters. The van der Waals surface area contributed by atoms with E-state index in [1.54, 1.807) is 6.92 Å². The van der Waals surface area contributed by atoms with E-state index < -0.39 is 11.9 Å². The van der Waals surface area contributed by atoms with E-state index >= 15 is 0 Å². The quantitative estimate of drug-likeness (QED) is 0.640. The molecule has 0 fully saturated rings. The zero-order chi connectivity index (χ0) is 13.4. The van der Waals surface area contributed by atoms with Gasteiger partial charge in [0.25, 0.3) is 0 Å². The van der Waals surface area contributed by atoms with Crippen molar-refractivity contribution in [3.05, 3.63) is 35.9 Å². The first-order valence-electron chi connectivity index (χ1n) is 6.15. The molecule has 0 bridgehead atoms. The standard InChI is InChI=1S/C14H19NO3/c1-3-18-14(17)13(16)15-10-9-11(2)12-7-5-4-6-8-12/h4-8,11H,3,9-10H2,1-2H3,(H,15,16). The highest BCUT2D eigenvalue weighted by molar-refractivity contribution is 6.32. The van der Waals surface area contributed by atoms with Crippen LogP contribution in [0.3, 0.4) is 0 Å². The van der Waals surface area contributed by atoms with E-state index in [0.29, 0.717) is 12.5 Å². The van der Waals surface area contributed by atoms with Gasteiger partial charge in [0.15, 0.2) is 0 Å². The lowest BCUT2D eigenvalue weighted by Gasteiger charge is -2.12. The van der Waals surface area contributed by atoms with Crippen molar-refractivity contribution >= 4 is 11.9 Å². The molecule has 0 spiro atoms. The summed E-state index contributed by atoms with van der Waals surface area (Å²) in [5.74, 6) is -1.14. The van der Waals surface area contributed by atoms with Gasteiger partial charge in [-0.3, -0.25) is 4.79 Å². The summed E-state index contributed by atoms with van der Waals surface area (Å²) in [5.41, 5.74) is 1.22. The third kappa shape index (κ3) is 4.57. The maximum absolute atomic E-state index is 11.3. The van der Waals surface area contributed by atoms with Crippen LogP contribution in [0.15, 0.2) is 30.3 Å². The Morgan fingerprint density at radius 1 is 1.28 bits per heavy atom. The van der Waals surface area contributed by atoms with Crippen molar-refractivity contribution < 1.29 is 14.3 Å². The fourth-order valence-corrected chi connectivity index (χ4v) is 1.62. The molecule has 0 radical (unpaired) electrons. The Morgan fingerprint density at radius 2 is 1.94 bits per heavy atom. The minimum Gasteiger partial charge on any atom is -0.459 e. The second kappa shape index (κ2) is 7.48. The van der Waals surface area contributed by atoms with Crippen LogP contribution in [0.1, 0.15) is 31.7 Å². The van der Waals surface area contributed by atoms with Crippen molar-refractivity contribution in [2.24, 2.45) is 0 Å². The molecule has 1 aromatic carbocycles. The van der Waals surface area contributed by atoms with Gasteiger partial charge in [0, 0.05) is 6.54 Å². The molecule has 4 nitrogen and oxygen atoms in total. The third-order valence-electron chi connectivity index (χ3n) is 2.69. The van der Waals surface area contributed by atoms with E-state index in [-0.39, 0.29) is 6.61 Å². The van der Waals surface area contributed by atoms with Crippen molar-refractivity contribution in [2.75, 3.05) is 13.2 Å². The largest absolute Gasteiger partial charge is 0.459 e. The number of amides is 1. The van der Waals surface area contributed by atoms with Crippen LogP contribution in [0.5, 0.6) is 0 Å². The predicted octanol–water partition coefficient (Wildman–Crippen LogP) is 1.86. The van der Waals surface area contributed by atoms with Crippen LogP contribution in [0.2, 0.25) is 0 Å². The highest BCUT2D eigenvalue weighted by Gasteiger charge is 2.14. The van der Waals surface area contributed by atoms with Gasteiger partial charge in [0.2, 0.25) is 0 Å². The minimum absolute atomic E-state index is 0.215. The molecule has 0 heterocycles. The van der Waals surface area contributed by atoms with Gasteiger partial charge in [-0.1, -0.05) is 37.3 Å². The molecule has 0 aliphatic heterocycles. The number of esters is 1. The minimum atomic E-state index is -0.815. The Labute approximate surface area is 107 Å². The first-order chi connectivity index (χ1) is 8.65. The molecule has 18 heavy (non-hydrogen) atoms. The second-order valence-corrected chi connectivity index (χ2v) is 4.08. The summed E-state index contributed by atoms with van der Waals surface area (Å²) < 4.78 is 4.59. The van der Waals surface area contributed by atoms with E-state index in [2.05, 4.69) is 29.1 Å². The molecule has 0 aliphatic carbocycles. The topological polar surface area (TPSA) is 55.4 Å². The van der Waals surface area contributed by atoms with Crippen molar-refractivity contribution in [1.29, 1.82) is 0 Å². The molecule has 1 N–H and O–H groups in total. The first kappa shape index (κ1) is 14.2. The van der Waals surface area contributed by atoms with Crippen LogP contribution in [-0.2, 0) is 14.3 Å². The summed E-state index contributed by atoms with van der Waals surface area (Å²) in [7, 11) is 0. The summed E-state index contributed by atoms with van der Waals surface area (Å²) in [5, 5.41) is 2.55. The Kier molecular flexibility index (Phi) is 5.91. The summed E-state index contributed by atoms with van der Waals surface area (Å²) in [4.78, 5) is 22.3. The maximum atomic E-state index is 11.3. The lowest BCUT2D eigenvalue weighted by atomic mass is 9.98. The highest BCUT2D eigenvalue weighted by atomic mass is 16.5. The van der Waals surface area contributed by atoms with Crippen LogP contribution < -0.4 is 5.32 Å². The van der Waals surface area contributed by atoms with E-state index in [1.807, 2.05) is 18.2 Å². The Balaban J connectivity index is 2.30. The van der Waals surface area contributed by atoms with Crippen LogP contribution >= 0.6 is 0 Å². The van der Waals surface area contributed by atoms with Gasteiger partial charge in [0.05, 0.1) is 6.61 Å². The summed E-state index contributed by atoms with van der Waals surface area (Å²) in [6, 6.07) is 10.1. The van der Waals surface area contributed by atoms with Crippen LogP contribution in [-0.4, -0.2) is 25.0 Å². The van der Waals surface area contributed by atoms with E-state index in [1.165, 1.54) is 5.56 Å². The Bertz CT molecular complexity index is 389. The fraction of sp³-hybridized carbons (Fsp3) is 0.429. The third-order valence-corrected chi connectivity index (χ3v) is 2.69. The number of hydrogen-bond acceptors (Lipinski definition) is 3. The molecule has 1 amide bonds. The molecule has 4 heteroatoms. The lowest BCUT2D eigenvalue weighted by Crippen LogP contribution is -2.33. The number of carbonyl (C=O) groups is 2. The molecule has 0 aliphatic rings. The molecule has 1 rings (SSSR count). The normalized spacial score (nSPS) is 11.7. The smallest absolute Gasteiger partial charge is 0.396 e. The van der Waals surface area contributed by atoms with Crippen molar-refractivity contribution in [2.45, 2.75) is 26.2 Å². The van der Waals surface area contributed by atoms with Gasteiger partial charge in [0.1, 0.15) is 0 Å². The zero-order valence-electron chi connectivity index (χ0n) is 10.8. The van der Waals surface area contributed by atoms with Crippen molar-refractivity contribution in [3.8, 4) is 0 Å². The second-order valence-electron chi connectivity index (χ2n) is 4.08. The lowest BCUT2D eigenvalue weighted by molar-refractivity contribution is -0.154. The van der Waals surface area contributed by atoms with Gasteiger partial charge in [-0.25, -0.2) is 4.79 Å². The van der Waals surface area contributed by atoms with E-state index in [9.17, 15) is 9.59 Å². The van der Waals surface area contributed by atoms with Gasteiger partial charge in [-0.2, -0.15) is 0 Å². The number of benzene rings is 1. The van der Waals surface area contributed by atoms with Gasteiger partial charge in [-0.05, 0) is 24.8 Å². The van der Waals surface area contributed by atoms with Crippen molar-refractivity contribution in [1.82, 2.24) is 5.32 Å². The van der Waals surface area contributed by atoms with Crippen LogP contribution in [0, 0.1) is 0 Å². The molecular weight excluding hydrogens is 230 g/mol. The van der Waals surface area contributed by atoms with Gasteiger partial charge >= 0.3 is 11.9 Å². The maximum Gasteiger partial charge on any atom is 0.396 e. The Morgan fingerprint density at radius 3 is 2.56 bits per heavy atom. The molecule has 1 unspecified atom stereocenters. The predicted molar refractivity (Wildman–Crippen MR) is 69.1 cm³/mol. The number of carbonyl (C=O) groups excluding carboxylic acids is 2. The summed E-state index contributed by atoms with van der Waals surface area (Å²) in [6.07, 6.45) is 0.787. The first-order valence-corrected chi connectivity index (χ1v) is 6.15. The Hall–Kier alpha value is -1.84. The van der Waals surface area contributed by atoms with E-state index in [4.69, 9.17) is 0 Å². The SMILES string of the molecule is CCOC(=O)C(=O)NCCC(C)c1ccccc1. The number of ether oxygens (including phenoxy) is 1. The molecule has 0 aromatic heterocycles. The van der Waals surface area contributed by atoms with Crippen molar-refractivity contribution in [3.63, 3.8) is 0 Å². The number of hydrogen-bond donors (Lipinski definition) is 1. The molecule has 1 aromatic rings. The van der Waals surface area contributed by atoms with Gasteiger partial charge < -0.3 is 10.1 Å². The monoisotopic (exact) mass is 249 g/mol. The molecule has 98 valence electrons. The summed E-state index contributed by atoms with van der Waals surface area (Å²) in [6.45, 7) is 4.44. The average Bonchev–Trinajstić information content (AvgIpc) is 2.39. The number of rotatable bonds is 5. The van der Waals surface area contributed by atoms with Gasteiger partial charge in [-0.15, -0.1) is 0 Å². The fourth-order valence-electron chi connectivity index (χ4n) is 1.62. The molecule has 0 saturated carbocycles. The molecular formula is C14H19NO3.